The zero-order valence-corrected chi connectivity index (χ0v) is 14.8. The van der Waals surface area contributed by atoms with Crippen LogP contribution in [-0.4, -0.2) is 18.3 Å². The number of carbonyl (C=O) groups is 2. The van der Waals surface area contributed by atoms with Gasteiger partial charge >= 0.3 is 0 Å². The van der Waals surface area contributed by atoms with Crippen LogP contribution in [-0.2, 0) is 4.79 Å². The minimum absolute atomic E-state index is 0.0857. The van der Waals surface area contributed by atoms with Crippen molar-refractivity contribution in [1.29, 1.82) is 0 Å². The van der Waals surface area contributed by atoms with E-state index < -0.39 is 5.91 Å². The van der Waals surface area contributed by atoms with Gasteiger partial charge in [-0.25, -0.2) is 0 Å². The minimum Gasteiger partial charge on any atom is -0.484 e. The quantitative estimate of drug-likeness (QED) is 0.616. The number of aryl methyl sites for hydroxylation is 1. The average Bonchev–Trinajstić information content (AvgIpc) is 2.58. The van der Waals surface area contributed by atoms with Gasteiger partial charge in [0.25, 0.3) is 5.91 Å². The summed E-state index contributed by atoms with van der Waals surface area (Å²) in [5.74, 6) is 0.407. The fraction of sp³-hybridized carbons (Fsp3) is 0.238. The van der Waals surface area contributed by atoms with E-state index in [1.54, 1.807) is 30.4 Å². The third kappa shape index (κ3) is 5.31. The molecular formula is C21H23NO3. The second-order valence-corrected chi connectivity index (χ2v) is 6.25. The molecule has 4 heteroatoms. The number of ether oxygens (including phenoxy) is 1. The highest BCUT2D eigenvalue weighted by atomic mass is 16.5. The van der Waals surface area contributed by atoms with Crippen molar-refractivity contribution in [1.82, 2.24) is 0 Å². The summed E-state index contributed by atoms with van der Waals surface area (Å²) in [5.41, 5.74) is 8.66. The van der Waals surface area contributed by atoms with Gasteiger partial charge in [-0.3, -0.25) is 9.59 Å². The van der Waals surface area contributed by atoms with Crippen LogP contribution in [0.2, 0.25) is 0 Å². The molecule has 0 aliphatic carbocycles. The van der Waals surface area contributed by atoms with Crippen LogP contribution in [0.5, 0.6) is 5.75 Å². The summed E-state index contributed by atoms with van der Waals surface area (Å²) < 4.78 is 5.29. The van der Waals surface area contributed by atoms with E-state index in [1.165, 1.54) is 5.56 Å². The van der Waals surface area contributed by atoms with Gasteiger partial charge < -0.3 is 10.5 Å². The molecule has 0 radical (unpaired) electrons. The molecule has 25 heavy (non-hydrogen) atoms. The van der Waals surface area contributed by atoms with E-state index >= 15 is 0 Å². The largest absolute Gasteiger partial charge is 0.484 e. The molecule has 1 amide bonds. The molecule has 4 nitrogen and oxygen atoms in total. The van der Waals surface area contributed by atoms with Gasteiger partial charge in [-0.2, -0.15) is 0 Å². The molecule has 2 N–H and O–H groups in total. The number of hydrogen-bond acceptors (Lipinski definition) is 3. The van der Waals surface area contributed by atoms with E-state index in [0.29, 0.717) is 17.2 Å². The first-order chi connectivity index (χ1) is 11.9. The molecule has 2 aromatic carbocycles. The lowest BCUT2D eigenvalue weighted by molar-refractivity contribution is -0.119. The smallest absolute Gasteiger partial charge is 0.255 e. The first kappa shape index (κ1) is 18.5. The van der Waals surface area contributed by atoms with E-state index in [0.717, 1.165) is 11.1 Å². The molecule has 2 rings (SSSR count). The lowest BCUT2D eigenvalue weighted by atomic mass is 10.0. The van der Waals surface area contributed by atoms with Gasteiger partial charge in [0.05, 0.1) is 0 Å². The predicted molar refractivity (Wildman–Crippen MR) is 99.8 cm³/mol. The van der Waals surface area contributed by atoms with Gasteiger partial charge in [0.15, 0.2) is 12.4 Å². The summed E-state index contributed by atoms with van der Waals surface area (Å²) in [6.45, 7) is 5.93. The molecule has 0 atom stereocenters. The number of primary amides is 1. The van der Waals surface area contributed by atoms with Crippen LogP contribution >= 0.6 is 0 Å². The molecule has 130 valence electrons. The molecule has 0 aliphatic heterocycles. The third-order valence-electron chi connectivity index (χ3n) is 3.86. The standard InChI is InChI=1S/C21H23NO3/c1-14(2)17-7-4-16(5-8-17)6-10-19(23)18-9-11-20(15(3)12-18)25-13-21(22)24/h4-12,14H,13H2,1-3H3,(H2,22,24)/b10-6+. The second kappa shape index (κ2) is 8.29. The fourth-order valence-electron chi connectivity index (χ4n) is 2.37. The molecule has 0 aromatic heterocycles. The van der Waals surface area contributed by atoms with Gasteiger partial charge in [0, 0.05) is 5.56 Å². The number of ketones is 1. The van der Waals surface area contributed by atoms with Crippen LogP contribution in [0.1, 0.15) is 46.8 Å². The van der Waals surface area contributed by atoms with Crippen molar-refractivity contribution in [3.05, 3.63) is 70.8 Å². The Morgan fingerprint density at radius 3 is 2.36 bits per heavy atom. The van der Waals surface area contributed by atoms with Crippen LogP contribution in [0.4, 0.5) is 0 Å². The van der Waals surface area contributed by atoms with Gasteiger partial charge in [-0.15, -0.1) is 0 Å². The van der Waals surface area contributed by atoms with Crippen molar-refractivity contribution in [2.75, 3.05) is 6.61 Å². The zero-order chi connectivity index (χ0) is 18.4. The fourth-order valence-corrected chi connectivity index (χ4v) is 2.37. The highest BCUT2D eigenvalue weighted by Gasteiger charge is 2.07. The Hall–Kier alpha value is -2.88. The summed E-state index contributed by atoms with van der Waals surface area (Å²) in [6.07, 6.45) is 3.36. The van der Waals surface area contributed by atoms with E-state index in [4.69, 9.17) is 10.5 Å². The van der Waals surface area contributed by atoms with E-state index in [2.05, 4.69) is 26.0 Å². The number of amides is 1. The van der Waals surface area contributed by atoms with E-state index in [9.17, 15) is 9.59 Å². The topological polar surface area (TPSA) is 69.4 Å². The molecule has 0 unspecified atom stereocenters. The average molecular weight is 337 g/mol. The maximum atomic E-state index is 12.3. The summed E-state index contributed by atoms with van der Waals surface area (Å²) in [4.78, 5) is 23.1. The molecule has 2 aromatic rings. The number of hydrogen-bond donors (Lipinski definition) is 1. The summed E-state index contributed by atoms with van der Waals surface area (Å²) in [6, 6.07) is 13.3. The highest BCUT2D eigenvalue weighted by Crippen LogP contribution is 2.20. The lowest BCUT2D eigenvalue weighted by Crippen LogP contribution is -2.20. The first-order valence-electron chi connectivity index (χ1n) is 8.21. The molecule has 0 saturated carbocycles. The van der Waals surface area contributed by atoms with Crippen LogP contribution in [0.3, 0.4) is 0 Å². The second-order valence-electron chi connectivity index (χ2n) is 6.25. The molecule has 0 heterocycles. The maximum absolute atomic E-state index is 12.3. The Labute approximate surface area is 148 Å². The Kier molecular flexibility index (Phi) is 6.12. The van der Waals surface area contributed by atoms with Gasteiger partial charge in [-0.1, -0.05) is 44.2 Å². The van der Waals surface area contributed by atoms with Crippen molar-refractivity contribution in [2.45, 2.75) is 26.7 Å². The van der Waals surface area contributed by atoms with Crippen LogP contribution < -0.4 is 10.5 Å². The Bertz CT molecular complexity index is 789. The normalized spacial score (nSPS) is 11.0. The van der Waals surface area contributed by atoms with Gasteiger partial charge in [0.1, 0.15) is 5.75 Å². The third-order valence-corrected chi connectivity index (χ3v) is 3.86. The van der Waals surface area contributed by atoms with Crippen molar-refractivity contribution in [2.24, 2.45) is 5.73 Å². The van der Waals surface area contributed by atoms with E-state index in [1.807, 2.05) is 19.1 Å². The summed E-state index contributed by atoms with van der Waals surface area (Å²) >= 11 is 0. The highest BCUT2D eigenvalue weighted by molar-refractivity contribution is 6.07. The maximum Gasteiger partial charge on any atom is 0.255 e. The number of benzene rings is 2. The molecule has 0 fully saturated rings. The zero-order valence-electron chi connectivity index (χ0n) is 14.8. The monoisotopic (exact) mass is 337 g/mol. The minimum atomic E-state index is -0.536. The van der Waals surface area contributed by atoms with Crippen molar-refractivity contribution < 1.29 is 14.3 Å². The lowest BCUT2D eigenvalue weighted by Gasteiger charge is -2.08. The molecule has 0 spiro atoms. The Morgan fingerprint density at radius 1 is 1.12 bits per heavy atom. The van der Waals surface area contributed by atoms with Crippen molar-refractivity contribution in [3.63, 3.8) is 0 Å². The summed E-state index contributed by atoms with van der Waals surface area (Å²) in [7, 11) is 0. The number of rotatable bonds is 7. The van der Waals surface area contributed by atoms with Crippen LogP contribution in [0.25, 0.3) is 6.08 Å². The number of carbonyl (C=O) groups excluding carboxylic acids is 2. The molecule has 0 saturated heterocycles. The van der Waals surface area contributed by atoms with Crippen molar-refractivity contribution in [3.8, 4) is 5.75 Å². The Balaban J connectivity index is 2.07. The summed E-state index contributed by atoms with van der Waals surface area (Å²) in [5, 5.41) is 0. The molecule has 0 aliphatic rings. The van der Waals surface area contributed by atoms with Gasteiger partial charge in [-0.05, 0) is 53.8 Å². The van der Waals surface area contributed by atoms with Crippen LogP contribution in [0.15, 0.2) is 48.5 Å². The predicted octanol–water partition coefficient (Wildman–Crippen LogP) is 3.88. The van der Waals surface area contributed by atoms with Gasteiger partial charge in [0.2, 0.25) is 0 Å². The first-order valence-corrected chi connectivity index (χ1v) is 8.21. The van der Waals surface area contributed by atoms with E-state index in [-0.39, 0.29) is 12.4 Å². The number of allylic oxidation sites excluding steroid dienone is 1. The molecule has 0 bridgehead atoms. The van der Waals surface area contributed by atoms with Crippen molar-refractivity contribution >= 4 is 17.8 Å². The SMILES string of the molecule is Cc1cc(C(=O)/C=C/c2ccc(C(C)C)cc2)ccc1OCC(N)=O. The Morgan fingerprint density at radius 2 is 1.80 bits per heavy atom. The number of nitrogens with two attached hydrogens (primary N) is 1. The van der Waals surface area contributed by atoms with Crippen LogP contribution in [0, 0.1) is 6.92 Å². The molecular weight excluding hydrogens is 314 g/mol.